The molecular formula is C23H24BrFN6O2. The molecule has 4 N–H and O–H groups in total. The lowest BCUT2D eigenvalue weighted by Gasteiger charge is -2.31. The van der Waals surface area contributed by atoms with Crippen molar-refractivity contribution < 1.29 is 14.6 Å². The van der Waals surface area contributed by atoms with Crippen molar-refractivity contribution in [3.63, 3.8) is 0 Å². The van der Waals surface area contributed by atoms with Gasteiger partial charge < -0.3 is 15.9 Å². The van der Waals surface area contributed by atoms with Crippen LogP contribution in [0.5, 0.6) is 0 Å². The number of aliphatic hydroxyl groups is 2. The lowest BCUT2D eigenvalue weighted by atomic mass is 9.78. The van der Waals surface area contributed by atoms with Crippen LogP contribution < -0.4 is 5.73 Å². The fourth-order valence-electron chi connectivity index (χ4n) is 4.63. The van der Waals surface area contributed by atoms with Gasteiger partial charge in [0.05, 0.1) is 28.2 Å². The summed E-state index contributed by atoms with van der Waals surface area (Å²) in [5, 5.41) is 27.3. The molecule has 3 aromatic heterocycles. The third-order valence-electron chi connectivity index (χ3n) is 6.46. The van der Waals surface area contributed by atoms with E-state index in [1.54, 1.807) is 21.6 Å². The van der Waals surface area contributed by atoms with Crippen molar-refractivity contribution in [1.29, 1.82) is 0 Å². The predicted octanol–water partition coefficient (Wildman–Crippen LogP) is 3.85. The van der Waals surface area contributed by atoms with Gasteiger partial charge in [-0.05, 0) is 59.7 Å². The van der Waals surface area contributed by atoms with E-state index in [-0.39, 0.29) is 11.8 Å². The molecule has 0 spiro atoms. The van der Waals surface area contributed by atoms with Gasteiger partial charge in [-0.1, -0.05) is 18.2 Å². The van der Waals surface area contributed by atoms with E-state index in [0.717, 1.165) is 22.5 Å². The number of anilines is 1. The van der Waals surface area contributed by atoms with Crippen molar-refractivity contribution in [3.8, 4) is 16.8 Å². The normalized spacial score (nSPS) is 19.9. The number of hydrogen-bond acceptors (Lipinski definition) is 6. The minimum Gasteiger partial charge on any atom is -0.383 e. The van der Waals surface area contributed by atoms with Gasteiger partial charge >= 0.3 is 0 Å². The Kier molecular flexibility index (Phi) is 5.90. The fraction of sp³-hybridized carbons (Fsp3) is 0.348. The van der Waals surface area contributed by atoms with Gasteiger partial charge in [-0.3, -0.25) is 0 Å². The zero-order chi connectivity index (χ0) is 23.1. The van der Waals surface area contributed by atoms with Gasteiger partial charge in [-0.2, -0.15) is 14.7 Å². The minimum absolute atomic E-state index is 0.0840. The second kappa shape index (κ2) is 8.85. The van der Waals surface area contributed by atoms with E-state index in [1.165, 1.54) is 0 Å². The Hall–Kier alpha value is -2.82. The highest BCUT2D eigenvalue weighted by Crippen LogP contribution is 2.42. The first kappa shape index (κ1) is 22.0. The summed E-state index contributed by atoms with van der Waals surface area (Å²) in [6.45, 7) is 0. The molecule has 0 aliphatic heterocycles. The molecule has 0 amide bonds. The first-order chi connectivity index (χ1) is 15.9. The number of nitrogens with zero attached hydrogens (tertiary/aromatic N) is 5. The molecule has 8 nitrogen and oxygen atoms in total. The van der Waals surface area contributed by atoms with E-state index in [4.69, 9.17) is 10.7 Å². The number of fused-ring (bicyclic) bond motifs is 1. The van der Waals surface area contributed by atoms with Crippen LogP contribution in [-0.4, -0.2) is 47.1 Å². The number of nitrogens with two attached hydrogens (primary N) is 1. The molecular weight excluding hydrogens is 491 g/mol. The summed E-state index contributed by atoms with van der Waals surface area (Å²) >= 11 is 3.59. The maximum atomic E-state index is 14.1. The standard InChI is InChI=1S/C23H24BrFN6O2/c24-18-20(14-8-6-13(7-9-14)19(25)23(32)33)29-22-17(11-28-31(22)21(18)26)15-10-27-30(12-15)16-4-2-1-3-5-16/h1-5,10-14,19,23,32-33H,6-9,26H2. The summed E-state index contributed by atoms with van der Waals surface area (Å²) < 4.78 is 18.1. The van der Waals surface area contributed by atoms with E-state index in [2.05, 4.69) is 26.1 Å². The molecule has 0 bridgehead atoms. The Labute approximate surface area is 198 Å². The summed E-state index contributed by atoms with van der Waals surface area (Å²) in [7, 11) is 0. The molecule has 0 saturated heterocycles. The highest BCUT2D eigenvalue weighted by Gasteiger charge is 2.33. The van der Waals surface area contributed by atoms with E-state index in [9.17, 15) is 14.6 Å². The average molecular weight is 515 g/mol. The first-order valence-corrected chi connectivity index (χ1v) is 11.7. The molecule has 1 atom stereocenters. The van der Waals surface area contributed by atoms with Crippen molar-refractivity contribution in [2.45, 2.75) is 44.1 Å². The number of para-hydroxylation sites is 1. The van der Waals surface area contributed by atoms with Gasteiger partial charge in [0.2, 0.25) is 0 Å². The van der Waals surface area contributed by atoms with Crippen LogP contribution in [0.4, 0.5) is 10.2 Å². The summed E-state index contributed by atoms with van der Waals surface area (Å²) in [6, 6.07) is 9.83. The van der Waals surface area contributed by atoms with Crippen LogP contribution >= 0.6 is 15.9 Å². The van der Waals surface area contributed by atoms with E-state index in [0.29, 0.717) is 41.6 Å². The Balaban J connectivity index is 1.47. The topological polar surface area (TPSA) is 114 Å². The van der Waals surface area contributed by atoms with Crippen LogP contribution in [0.25, 0.3) is 22.5 Å². The number of aliphatic hydroxyl groups excluding tert-OH is 1. The Morgan fingerprint density at radius 2 is 1.79 bits per heavy atom. The van der Waals surface area contributed by atoms with E-state index >= 15 is 0 Å². The second-order valence-corrected chi connectivity index (χ2v) is 9.26. The smallest absolute Gasteiger partial charge is 0.183 e. The number of nitrogen functional groups attached to an aromatic ring is 1. The molecule has 33 heavy (non-hydrogen) atoms. The minimum atomic E-state index is -1.94. The van der Waals surface area contributed by atoms with Crippen molar-refractivity contribution >= 4 is 27.4 Å². The largest absolute Gasteiger partial charge is 0.383 e. The van der Waals surface area contributed by atoms with Crippen molar-refractivity contribution in [2.75, 3.05) is 5.73 Å². The highest BCUT2D eigenvalue weighted by atomic mass is 79.9. The highest BCUT2D eigenvalue weighted by molar-refractivity contribution is 9.10. The molecule has 1 fully saturated rings. The number of aromatic nitrogens is 5. The van der Waals surface area contributed by atoms with Crippen molar-refractivity contribution in [3.05, 3.63) is 59.1 Å². The molecule has 4 aromatic rings. The van der Waals surface area contributed by atoms with Crippen LogP contribution in [0.15, 0.2) is 53.4 Å². The van der Waals surface area contributed by atoms with Crippen LogP contribution in [-0.2, 0) is 0 Å². The predicted molar refractivity (Wildman–Crippen MR) is 125 cm³/mol. The molecule has 3 heterocycles. The number of halogens is 2. The second-order valence-electron chi connectivity index (χ2n) is 8.47. The van der Waals surface area contributed by atoms with E-state index in [1.807, 2.05) is 36.5 Å². The quantitative estimate of drug-likeness (QED) is 0.348. The van der Waals surface area contributed by atoms with Crippen molar-refractivity contribution in [2.24, 2.45) is 5.92 Å². The lowest BCUT2D eigenvalue weighted by molar-refractivity contribution is -0.114. The van der Waals surface area contributed by atoms with Crippen LogP contribution in [0.3, 0.4) is 0 Å². The Bertz CT molecular complexity index is 1270. The van der Waals surface area contributed by atoms with E-state index < -0.39 is 12.5 Å². The number of hydrogen-bond donors (Lipinski definition) is 3. The molecule has 172 valence electrons. The molecule has 1 aliphatic carbocycles. The lowest BCUT2D eigenvalue weighted by Crippen LogP contribution is -2.32. The molecule has 10 heteroatoms. The van der Waals surface area contributed by atoms with Crippen LogP contribution in [0, 0.1) is 5.92 Å². The Morgan fingerprint density at radius 1 is 1.06 bits per heavy atom. The van der Waals surface area contributed by atoms with Crippen molar-refractivity contribution in [1.82, 2.24) is 24.4 Å². The third kappa shape index (κ3) is 4.03. The van der Waals surface area contributed by atoms with Gasteiger partial charge in [-0.25, -0.2) is 14.1 Å². The number of rotatable bonds is 5. The van der Waals surface area contributed by atoms with Gasteiger partial charge in [0.15, 0.2) is 18.1 Å². The van der Waals surface area contributed by atoms with Gasteiger partial charge in [-0.15, -0.1) is 0 Å². The number of alkyl halides is 1. The summed E-state index contributed by atoms with van der Waals surface area (Å²) in [5.74, 6) is 0.171. The van der Waals surface area contributed by atoms with Gasteiger partial charge in [0.25, 0.3) is 0 Å². The summed E-state index contributed by atoms with van der Waals surface area (Å²) in [6.07, 6.45) is 4.36. The molecule has 1 aromatic carbocycles. The monoisotopic (exact) mass is 514 g/mol. The maximum absolute atomic E-state index is 14.1. The zero-order valence-electron chi connectivity index (χ0n) is 17.7. The number of benzene rings is 1. The summed E-state index contributed by atoms with van der Waals surface area (Å²) in [4.78, 5) is 4.93. The van der Waals surface area contributed by atoms with Crippen LogP contribution in [0.1, 0.15) is 37.3 Å². The maximum Gasteiger partial charge on any atom is 0.183 e. The Morgan fingerprint density at radius 3 is 2.48 bits per heavy atom. The SMILES string of the molecule is Nc1c(Br)c(C2CCC(C(F)C(O)O)CC2)nc2c(-c3cnn(-c4ccccc4)c3)cnn12. The van der Waals surface area contributed by atoms with Gasteiger partial charge in [0, 0.05) is 23.2 Å². The first-order valence-electron chi connectivity index (χ1n) is 10.9. The molecule has 1 unspecified atom stereocenters. The molecule has 0 radical (unpaired) electrons. The summed E-state index contributed by atoms with van der Waals surface area (Å²) in [5.41, 5.74) is 10.5. The fourth-order valence-corrected chi connectivity index (χ4v) is 5.21. The third-order valence-corrected chi connectivity index (χ3v) is 7.27. The van der Waals surface area contributed by atoms with Gasteiger partial charge in [0.1, 0.15) is 5.82 Å². The zero-order valence-corrected chi connectivity index (χ0v) is 19.3. The average Bonchev–Trinajstić information content (AvgIpc) is 3.49. The molecule has 5 rings (SSSR count). The van der Waals surface area contributed by atoms with Crippen LogP contribution in [0.2, 0.25) is 0 Å². The molecule has 1 saturated carbocycles. The molecule has 1 aliphatic rings.